The zero-order chi connectivity index (χ0) is 19.7. The van der Waals surface area contributed by atoms with Crippen LogP contribution in [-0.4, -0.2) is 54.3 Å². The Kier molecular flexibility index (Phi) is 5.40. The average Bonchev–Trinajstić information content (AvgIpc) is 3.37. The number of benzene rings is 1. The average molecular weight is 385 g/mol. The third-order valence-electron chi connectivity index (χ3n) is 6.32. The molecule has 0 bridgehead atoms. The van der Waals surface area contributed by atoms with Crippen molar-refractivity contribution < 1.29 is 24.2 Å². The highest BCUT2D eigenvalue weighted by atomic mass is 16.5. The van der Waals surface area contributed by atoms with Crippen LogP contribution in [0.1, 0.15) is 36.0 Å². The lowest BCUT2D eigenvalue weighted by Crippen LogP contribution is -2.42. The van der Waals surface area contributed by atoms with Crippen molar-refractivity contribution in [2.45, 2.75) is 37.9 Å². The van der Waals surface area contributed by atoms with E-state index in [1.54, 1.807) is 24.3 Å². The molecular weight excluding hydrogens is 358 g/mol. The van der Waals surface area contributed by atoms with Crippen LogP contribution in [-0.2, 0) is 9.53 Å². The second-order valence-electron chi connectivity index (χ2n) is 8.11. The molecule has 1 amide bonds. The van der Waals surface area contributed by atoms with Crippen LogP contribution < -0.4 is 4.74 Å². The van der Waals surface area contributed by atoms with Gasteiger partial charge in [0.05, 0.1) is 18.8 Å². The number of nitrogens with zero attached hydrogens (tertiary/aromatic N) is 1. The Balaban J connectivity index is 1.36. The van der Waals surface area contributed by atoms with Gasteiger partial charge in [-0.1, -0.05) is 12.2 Å². The molecule has 1 saturated carbocycles. The maximum Gasteiger partial charge on any atom is 0.337 e. The molecule has 6 heteroatoms. The van der Waals surface area contributed by atoms with Gasteiger partial charge in [-0.25, -0.2) is 4.79 Å². The highest BCUT2D eigenvalue weighted by molar-refractivity contribution is 5.89. The summed E-state index contributed by atoms with van der Waals surface area (Å²) in [5.41, 5.74) is 0.463. The number of allylic oxidation sites excluding steroid dienone is 2. The molecule has 3 aliphatic rings. The molecule has 2 fully saturated rings. The van der Waals surface area contributed by atoms with E-state index >= 15 is 0 Å². The van der Waals surface area contributed by atoms with Crippen molar-refractivity contribution in [1.29, 1.82) is 0 Å². The summed E-state index contributed by atoms with van der Waals surface area (Å²) in [6, 6.07) is 6.76. The maximum absolute atomic E-state index is 12.7. The van der Waals surface area contributed by atoms with Crippen LogP contribution in [0, 0.1) is 17.8 Å². The van der Waals surface area contributed by atoms with Crippen molar-refractivity contribution in [3.05, 3.63) is 42.0 Å². The Hall–Kier alpha value is -2.34. The number of fused-ring (bicyclic) bond motifs is 1. The molecule has 1 aliphatic heterocycles. The summed E-state index contributed by atoms with van der Waals surface area (Å²) < 4.78 is 10.7. The number of methoxy groups -OCH3 is 1. The fourth-order valence-electron chi connectivity index (χ4n) is 4.74. The van der Waals surface area contributed by atoms with E-state index in [0.717, 1.165) is 32.4 Å². The van der Waals surface area contributed by atoms with Crippen LogP contribution in [0.4, 0.5) is 0 Å². The topological polar surface area (TPSA) is 76.1 Å². The van der Waals surface area contributed by atoms with Gasteiger partial charge in [0, 0.05) is 19.0 Å². The summed E-state index contributed by atoms with van der Waals surface area (Å²) in [7, 11) is 1.35. The largest absolute Gasteiger partial charge is 0.488 e. The molecule has 0 unspecified atom stereocenters. The predicted molar refractivity (Wildman–Crippen MR) is 103 cm³/mol. The zero-order valence-corrected chi connectivity index (χ0v) is 16.1. The summed E-state index contributed by atoms with van der Waals surface area (Å²) in [4.78, 5) is 26.2. The lowest BCUT2D eigenvalue weighted by atomic mass is 9.78. The summed E-state index contributed by atoms with van der Waals surface area (Å²) in [5, 5.41) is 10.6. The van der Waals surface area contributed by atoms with Crippen LogP contribution in [0.2, 0.25) is 0 Å². The molecule has 1 aromatic carbocycles. The van der Waals surface area contributed by atoms with E-state index in [1.807, 2.05) is 4.90 Å². The van der Waals surface area contributed by atoms with Crippen molar-refractivity contribution in [3.8, 4) is 5.75 Å². The Morgan fingerprint density at radius 3 is 2.32 bits per heavy atom. The van der Waals surface area contributed by atoms with E-state index in [1.165, 1.54) is 7.11 Å². The zero-order valence-electron chi connectivity index (χ0n) is 16.1. The molecule has 4 rings (SSSR count). The van der Waals surface area contributed by atoms with Gasteiger partial charge in [0.1, 0.15) is 11.9 Å². The van der Waals surface area contributed by atoms with Gasteiger partial charge in [0.15, 0.2) is 0 Å². The number of carbonyl (C=O) groups is 2. The molecule has 28 heavy (non-hydrogen) atoms. The van der Waals surface area contributed by atoms with Gasteiger partial charge in [0.2, 0.25) is 5.91 Å². The molecule has 1 heterocycles. The van der Waals surface area contributed by atoms with Crippen molar-refractivity contribution in [3.63, 3.8) is 0 Å². The Morgan fingerprint density at radius 1 is 1.04 bits per heavy atom. The highest BCUT2D eigenvalue weighted by Crippen LogP contribution is 2.39. The van der Waals surface area contributed by atoms with E-state index in [2.05, 4.69) is 12.2 Å². The first-order valence-electron chi connectivity index (χ1n) is 10.0. The van der Waals surface area contributed by atoms with Crippen molar-refractivity contribution in [1.82, 2.24) is 4.90 Å². The van der Waals surface area contributed by atoms with Crippen LogP contribution in [0.5, 0.6) is 5.75 Å². The number of carbonyl (C=O) groups excluding carboxylic acids is 2. The fraction of sp³-hybridized carbons (Fsp3) is 0.545. The number of esters is 1. The summed E-state index contributed by atoms with van der Waals surface area (Å²) >= 11 is 0. The van der Waals surface area contributed by atoms with Crippen molar-refractivity contribution in [2.75, 3.05) is 20.2 Å². The minimum Gasteiger partial charge on any atom is -0.488 e. The van der Waals surface area contributed by atoms with E-state index in [0.29, 0.717) is 29.6 Å². The van der Waals surface area contributed by atoms with E-state index in [9.17, 15) is 14.7 Å². The summed E-state index contributed by atoms with van der Waals surface area (Å²) in [6.45, 7) is 1.51. The smallest absolute Gasteiger partial charge is 0.337 e. The van der Waals surface area contributed by atoms with Gasteiger partial charge in [-0.3, -0.25) is 4.79 Å². The minimum atomic E-state index is -0.551. The molecule has 4 atom stereocenters. The first-order valence-corrected chi connectivity index (χ1v) is 10.0. The van der Waals surface area contributed by atoms with E-state index < -0.39 is 6.10 Å². The van der Waals surface area contributed by atoms with Crippen LogP contribution in [0.25, 0.3) is 0 Å². The second kappa shape index (κ2) is 7.95. The van der Waals surface area contributed by atoms with E-state index in [-0.39, 0.29) is 23.9 Å². The minimum absolute atomic E-state index is 0.102. The lowest BCUT2D eigenvalue weighted by molar-refractivity contribution is -0.134. The molecule has 1 aromatic rings. The van der Waals surface area contributed by atoms with Gasteiger partial charge in [-0.05, 0) is 61.8 Å². The molecule has 150 valence electrons. The van der Waals surface area contributed by atoms with Crippen LogP contribution in [0.3, 0.4) is 0 Å². The highest BCUT2D eigenvalue weighted by Gasteiger charge is 2.44. The lowest BCUT2D eigenvalue weighted by Gasteiger charge is -2.35. The predicted octanol–water partition coefficient (Wildman–Crippen LogP) is 2.42. The summed E-state index contributed by atoms with van der Waals surface area (Å²) in [6.07, 6.45) is 6.41. The number of likely N-dealkylation sites (tertiary alicyclic amines) is 1. The SMILES string of the molecule is COC(=O)c1ccc(O[C@@H]2C[C@@H]3CN(C(=O)C4CC=CC4)C[C@@H]3C[C@H]2O)cc1. The molecule has 0 aromatic heterocycles. The third-order valence-corrected chi connectivity index (χ3v) is 6.32. The Morgan fingerprint density at radius 2 is 1.68 bits per heavy atom. The quantitative estimate of drug-likeness (QED) is 0.636. The molecular formula is C22H27NO5. The van der Waals surface area contributed by atoms with Gasteiger partial charge >= 0.3 is 5.97 Å². The molecule has 6 nitrogen and oxygen atoms in total. The molecule has 1 saturated heterocycles. The number of rotatable bonds is 4. The Labute approximate surface area is 165 Å². The Bertz CT molecular complexity index is 751. The van der Waals surface area contributed by atoms with Crippen molar-refractivity contribution in [2.24, 2.45) is 17.8 Å². The van der Waals surface area contributed by atoms with Gasteiger partial charge in [-0.15, -0.1) is 0 Å². The fourth-order valence-corrected chi connectivity index (χ4v) is 4.74. The normalized spacial score (nSPS) is 29.6. The van der Waals surface area contributed by atoms with Crippen molar-refractivity contribution >= 4 is 11.9 Å². The number of aliphatic hydroxyl groups excluding tert-OH is 1. The van der Waals surface area contributed by atoms with Gasteiger partial charge in [0.25, 0.3) is 0 Å². The van der Waals surface area contributed by atoms with Crippen LogP contribution in [0.15, 0.2) is 36.4 Å². The number of aliphatic hydroxyl groups is 1. The monoisotopic (exact) mass is 385 g/mol. The van der Waals surface area contributed by atoms with Gasteiger partial charge in [-0.2, -0.15) is 0 Å². The molecule has 0 spiro atoms. The molecule has 2 aliphatic carbocycles. The first-order chi connectivity index (χ1) is 13.5. The number of hydrogen-bond acceptors (Lipinski definition) is 5. The summed E-state index contributed by atoms with van der Waals surface area (Å²) in [5.74, 6) is 1.30. The molecule has 0 radical (unpaired) electrons. The number of ether oxygens (including phenoxy) is 2. The number of hydrogen-bond donors (Lipinski definition) is 1. The maximum atomic E-state index is 12.7. The number of amides is 1. The van der Waals surface area contributed by atoms with E-state index in [4.69, 9.17) is 9.47 Å². The molecule has 1 N–H and O–H groups in total. The second-order valence-corrected chi connectivity index (χ2v) is 8.11. The van der Waals surface area contributed by atoms with Crippen LogP contribution >= 0.6 is 0 Å². The first kappa shape index (κ1) is 19.0. The third kappa shape index (κ3) is 3.78. The standard InChI is InChI=1S/C22H27NO5/c1-27-22(26)15-6-8-18(9-7-15)28-20-11-17-13-23(12-16(17)10-19(20)24)21(25)14-4-2-3-5-14/h2-3,6-9,14,16-17,19-20,24H,4-5,10-13H2,1H3/t16-,17+,19+,20+/m0/s1. The van der Waals surface area contributed by atoms with Gasteiger partial charge < -0.3 is 19.5 Å².